The number of benzene rings is 1. The van der Waals surface area contributed by atoms with E-state index in [1.807, 2.05) is 12.1 Å². The van der Waals surface area contributed by atoms with Crippen molar-refractivity contribution < 1.29 is 0 Å². The van der Waals surface area contributed by atoms with E-state index < -0.39 is 0 Å². The molecule has 0 spiro atoms. The van der Waals surface area contributed by atoms with Gasteiger partial charge < -0.3 is 5.32 Å². The van der Waals surface area contributed by atoms with Gasteiger partial charge in [0.25, 0.3) is 0 Å². The third-order valence-electron chi connectivity index (χ3n) is 1.99. The minimum Gasteiger partial charge on any atom is -0.350 e. The summed E-state index contributed by atoms with van der Waals surface area (Å²) in [6.07, 6.45) is 0. The molecule has 0 aliphatic carbocycles. The predicted octanol–water partition coefficient (Wildman–Crippen LogP) is 3.78. The first-order valence-electron chi connectivity index (χ1n) is 4.78. The van der Waals surface area contributed by atoms with E-state index in [9.17, 15) is 0 Å². The van der Waals surface area contributed by atoms with E-state index in [1.54, 1.807) is 0 Å². The van der Waals surface area contributed by atoms with Crippen molar-refractivity contribution in [1.82, 2.24) is 0 Å². The van der Waals surface area contributed by atoms with Gasteiger partial charge in [-0.2, -0.15) is 0 Å². The molecule has 76 valence electrons. The molecule has 1 nitrogen and oxygen atoms in total. The highest BCUT2D eigenvalue weighted by Crippen LogP contribution is 2.18. The van der Waals surface area contributed by atoms with Crippen LogP contribution in [0.3, 0.4) is 0 Å². The lowest BCUT2D eigenvalue weighted by Crippen LogP contribution is -2.25. The number of hydrogen-bond donors (Lipinski definition) is 1. The molecule has 0 amide bonds. The second-order valence-corrected chi connectivity index (χ2v) is 4.98. The molecule has 0 aliphatic rings. The second-order valence-electron chi connectivity index (χ2n) is 4.57. The molecule has 1 rings (SSSR count). The highest BCUT2D eigenvalue weighted by Gasteiger charge is 2.16. The summed E-state index contributed by atoms with van der Waals surface area (Å²) in [6.45, 7) is 8.40. The van der Waals surface area contributed by atoms with Crippen LogP contribution >= 0.6 is 12.2 Å². The van der Waals surface area contributed by atoms with E-state index in [-0.39, 0.29) is 5.41 Å². The van der Waals surface area contributed by atoms with E-state index in [2.05, 4.69) is 45.1 Å². The van der Waals surface area contributed by atoms with Crippen molar-refractivity contribution in [3.63, 3.8) is 0 Å². The zero-order valence-corrected chi connectivity index (χ0v) is 10.0. The molecule has 0 saturated carbocycles. The number of hydrogen-bond acceptors (Lipinski definition) is 1. The maximum Gasteiger partial charge on any atom is 0.0851 e. The first kappa shape index (κ1) is 11.2. The average molecular weight is 207 g/mol. The molecule has 0 bridgehead atoms. The number of nitrogens with one attached hydrogen (secondary N) is 1. The van der Waals surface area contributed by atoms with Crippen LogP contribution in [-0.2, 0) is 0 Å². The minimum atomic E-state index is 0.0280. The van der Waals surface area contributed by atoms with E-state index in [1.165, 1.54) is 5.56 Å². The normalized spacial score (nSPS) is 11.1. The maximum absolute atomic E-state index is 5.30. The molecule has 1 aromatic carbocycles. The van der Waals surface area contributed by atoms with Crippen LogP contribution < -0.4 is 5.32 Å². The Bertz CT molecular complexity index is 319. The standard InChI is InChI=1S/C12H17NS/c1-9-5-7-10(8-6-9)13-11(14)12(2,3)4/h5-8H,1-4H3,(H,13,14). The summed E-state index contributed by atoms with van der Waals surface area (Å²) in [6, 6.07) is 8.25. The molecule has 1 aromatic rings. The topological polar surface area (TPSA) is 12.0 Å². The minimum absolute atomic E-state index is 0.0280. The van der Waals surface area contributed by atoms with Crippen molar-refractivity contribution in [2.45, 2.75) is 27.7 Å². The summed E-state index contributed by atoms with van der Waals surface area (Å²) >= 11 is 5.30. The summed E-state index contributed by atoms with van der Waals surface area (Å²) in [5.41, 5.74) is 2.35. The molecule has 1 N–H and O–H groups in total. The zero-order chi connectivity index (χ0) is 10.8. The van der Waals surface area contributed by atoms with Gasteiger partial charge in [0.05, 0.1) is 4.99 Å². The van der Waals surface area contributed by atoms with Crippen LogP contribution in [0.4, 0.5) is 5.69 Å². The van der Waals surface area contributed by atoms with Gasteiger partial charge in [-0.15, -0.1) is 0 Å². The first-order chi connectivity index (χ1) is 6.39. The van der Waals surface area contributed by atoms with Gasteiger partial charge >= 0.3 is 0 Å². The van der Waals surface area contributed by atoms with E-state index >= 15 is 0 Å². The van der Waals surface area contributed by atoms with Gasteiger partial charge in [-0.3, -0.25) is 0 Å². The smallest absolute Gasteiger partial charge is 0.0851 e. The number of rotatable bonds is 1. The summed E-state index contributed by atoms with van der Waals surface area (Å²) in [5, 5.41) is 3.24. The Kier molecular flexibility index (Phi) is 3.27. The quantitative estimate of drug-likeness (QED) is 0.703. The fourth-order valence-electron chi connectivity index (χ4n) is 0.955. The molecule has 0 aliphatic heterocycles. The Morgan fingerprint density at radius 3 is 2.07 bits per heavy atom. The third-order valence-corrected chi connectivity index (χ3v) is 2.71. The first-order valence-corrected chi connectivity index (χ1v) is 5.18. The second kappa shape index (κ2) is 4.09. The Morgan fingerprint density at radius 2 is 1.64 bits per heavy atom. The molecule has 0 heterocycles. The van der Waals surface area contributed by atoms with Crippen molar-refractivity contribution in [1.29, 1.82) is 0 Å². The fraction of sp³-hybridized carbons (Fsp3) is 0.417. The maximum atomic E-state index is 5.30. The van der Waals surface area contributed by atoms with Gasteiger partial charge in [0.15, 0.2) is 0 Å². The van der Waals surface area contributed by atoms with Crippen LogP contribution in [0.25, 0.3) is 0 Å². The molecule has 2 heteroatoms. The Morgan fingerprint density at radius 1 is 1.14 bits per heavy atom. The summed E-state index contributed by atoms with van der Waals surface area (Å²) in [4.78, 5) is 0.876. The highest BCUT2D eigenvalue weighted by molar-refractivity contribution is 7.80. The predicted molar refractivity (Wildman–Crippen MR) is 66.9 cm³/mol. The lowest BCUT2D eigenvalue weighted by atomic mass is 9.96. The van der Waals surface area contributed by atoms with Crippen LogP contribution in [0.5, 0.6) is 0 Å². The van der Waals surface area contributed by atoms with Crippen LogP contribution in [0.2, 0.25) is 0 Å². The molecular formula is C12H17NS. The number of anilines is 1. The highest BCUT2D eigenvalue weighted by atomic mass is 32.1. The SMILES string of the molecule is Cc1ccc(NC(=S)C(C)(C)C)cc1. The molecule has 0 saturated heterocycles. The summed E-state index contributed by atoms with van der Waals surface area (Å²) < 4.78 is 0. The molecular weight excluding hydrogens is 190 g/mol. The van der Waals surface area contributed by atoms with E-state index in [0.717, 1.165) is 10.7 Å². The van der Waals surface area contributed by atoms with Crippen LogP contribution in [0.1, 0.15) is 26.3 Å². The van der Waals surface area contributed by atoms with Crippen LogP contribution in [0, 0.1) is 12.3 Å². The monoisotopic (exact) mass is 207 g/mol. The largest absolute Gasteiger partial charge is 0.350 e. The van der Waals surface area contributed by atoms with E-state index in [4.69, 9.17) is 12.2 Å². The third kappa shape index (κ3) is 3.11. The molecule has 0 atom stereocenters. The van der Waals surface area contributed by atoms with E-state index in [0.29, 0.717) is 0 Å². The van der Waals surface area contributed by atoms with Crippen molar-refractivity contribution in [3.05, 3.63) is 29.8 Å². The van der Waals surface area contributed by atoms with Gasteiger partial charge in [0.1, 0.15) is 0 Å². The lowest BCUT2D eigenvalue weighted by molar-refractivity contribution is 0.600. The van der Waals surface area contributed by atoms with Crippen LogP contribution in [0.15, 0.2) is 24.3 Å². The van der Waals surface area contributed by atoms with Crippen LogP contribution in [-0.4, -0.2) is 4.99 Å². The van der Waals surface area contributed by atoms with Crippen molar-refractivity contribution >= 4 is 22.9 Å². The Hall–Kier alpha value is -0.890. The molecule has 0 fully saturated rings. The fourth-order valence-corrected chi connectivity index (χ4v) is 1.07. The molecule has 14 heavy (non-hydrogen) atoms. The van der Waals surface area contributed by atoms with Crippen molar-refractivity contribution in [2.75, 3.05) is 5.32 Å². The summed E-state index contributed by atoms with van der Waals surface area (Å²) in [7, 11) is 0. The van der Waals surface area contributed by atoms with Gasteiger partial charge in [0.2, 0.25) is 0 Å². The molecule has 0 aromatic heterocycles. The van der Waals surface area contributed by atoms with Gasteiger partial charge in [0, 0.05) is 11.1 Å². The zero-order valence-electron chi connectivity index (χ0n) is 9.22. The van der Waals surface area contributed by atoms with Gasteiger partial charge in [-0.1, -0.05) is 50.7 Å². The Labute approximate surface area is 91.5 Å². The Balaban J connectivity index is 2.71. The summed E-state index contributed by atoms with van der Waals surface area (Å²) in [5.74, 6) is 0. The average Bonchev–Trinajstić information content (AvgIpc) is 2.07. The molecule has 0 radical (unpaired) electrons. The van der Waals surface area contributed by atoms with Gasteiger partial charge in [-0.05, 0) is 19.1 Å². The van der Waals surface area contributed by atoms with Crippen molar-refractivity contribution in [3.8, 4) is 0 Å². The molecule has 0 unspecified atom stereocenters. The van der Waals surface area contributed by atoms with Crippen molar-refractivity contribution in [2.24, 2.45) is 5.41 Å². The number of aryl methyl sites for hydroxylation is 1. The van der Waals surface area contributed by atoms with Gasteiger partial charge in [-0.25, -0.2) is 0 Å². The lowest BCUT2D eigenvalue weighted by Gasteiger charge is -2.21. The number of thiocarbonyl (C=S) groups is 1.